The zero-order chi connectivity index (χ0) is 13.8. The van der Waals surface area contributed by atoms with Gasteiger partial charge in [0.1, 0.15) is 5.75 Å². The highest BCUT2D eigenvalue weighted by atomic mass is 16.5. The molecular weight excluding hydrogens is 242 g/mol. The third-order valence-electron chi connectivity index (χ3n) is 3.80. The molecule has 0 aromatic heterocycles. The molecule has 4 nitrogen and oxygen atoms in total. The van der Waals surface area contributed by atoms with Gasteiger partial charge in [-0.05, 0) is 37.8 Å². The van der Waals surface area contributed by atoms with Crippen molar-refractivity contribution in [1.82, 2.24) is 0 Å². The maximum Gasteiger partial charge on any atom is 0.126 e. The van der Waals surface area contributed by atoms with Crippen LogP contribution in [0.15, 0.2) is 18.2 Å². The van der Waals surface area contributed by atoms with E-state index in [-0.39, 0.29) is 6.61 Å². The van der Waals surface area contributed by atoms with Crippen molar-refractivity contribution in [3.05, 3.63) is 23.8 Å². The Balaban J connectivity index is 2.33. The fourth-order valence-corrected chi connectivity index (χ4v) is 2.84. The first-order chi connectivity index (χ1) is 9.17. The number of piperidine rings is 1. The van der Waals surface area contributed by atoms with Crippen LogP contribution in [0.5, 0.6) is 5.75 Å². The van der Waals surface area contributed by atoms with E-state index >= 15 is 0 Å². The summed E-state index contributed by atoms with van der Waals surface area (Å²) in [6, 6.07) is 5.84. The summed E-state index contributed by atoms with van der Waals surface area (Å²) < 4.78 is 5.36. The average Bonchev–Trinajstić information content (AvgIpc) is 2.46. The first-order valence-electron chi connectivity index (χ1n) is 6.88. The molecule has 1 saturated heterocycles. The Morgan fingerprint density at radius 2 is 2.26 bits per heavy atom. The van der Waals surface area contributed by atoms with Gasteiger partial charge in [-0.15, -0.1) is 0 Å². The number of nitrogens with zero attached hydrogens (tertiary/aromatic N) is 1. The van der Waals surface area contributed by atoms with Crippen molar-refractivity contribution in [1.29, 1.82) is 0 Å². The summed E-state index contributed by atoms with van der Waals surface area (Å²) in [4.78, 5) is 2.24. The first-order valence-corrected chi connectivity index (χ1v) is 6.88. The van der Waals surface area contributed by atoms with E-state index in [1.807, 2.05) is 18.2 Å². The number of hydrogen-bond donors (Lipinski definition) is 2. The smallest absolute Gasteiger partial charge is 0.126 e. The van der Waals surface area contributed by atoms with Gasteiger partial charge in [0.2, 0.25) is 0 Å². The molecule has 1 heterocycles. The summed E-state index contributed by atoms with van der Waals surface area (Å²) in [6.07, 6.45) is 1.57. The van der Waals surface area contributed by atoms with Crippen LogP contribution < -0.4 is 9.64 Å². The van der Waals surface area contributed by atoms with E-state index in [2.05, 4.69) is 4.90 Å². The first kappa shape index (κ1) is 14.2. The number of aliphatic hydroxyl groups excluding tert-OH is 2. The van der Waals surface area contributed by atoms with E-state index in [1.165, 1.54) is 0 Å². The summed E-state index contributed by atoms with van der Waals surface area (Å²) in [5, 5.41) is 19.3. The zero-order valence-electron chi connectivity index (χ0n) is 11.7. The van der Waals surface area contributed by atoms with Gasteiger partial charge in [0.25, 0.3) is 0 Å². The fraction of sp³-hybridized carbons (Fsp3) is 0.600. The van der Waals surface area contributed by atoms with E-state index in [1.54, 1.807) is 14.0 Å². The van der Waals surface area contributed by atoms with Crippen LogP contribution >= 0.6 is 0 Å². The lowest BCUT2D eigenvalue weighted by Crippen LogP contribution is -2.37. The predicted octanol–water partition coefficient (Wildman–Crippen LogP) is 1.96. The van der Waals surface area contributed by atoms with Crippen molar-refractivity contribution in [2.75, 3.05) is 31.7 Å². The van der Waals surface area contributed by atoms with Gasteiger partial charge >= 0.3 is 0 Å². The molecule has 2 rings (SSSR count). The van der Waals surface area contributed by atoms with Gasteiger partial charge < -0.3 is 19.8 Å². The lowest BCUT2D eigenvalue weighted by molar-refractivity contribution is 0.193. The molecule has 106 valence electrons. The molecule has 0 radical (unpaired) electrons. The number of methoxy groups -OCH3 is 1. The number of rotatable bonds is 4. The van der Waals surface area contributed by atoms with Crippen molar-refractivity contribution < 1.29 is 14.9 Å². The molecule has 4 heteroatoms. The molecule has 1 unspecified atom stereocenters. The minimum atomic E-state index is -0.569. The summed E-state index contributed by atoms with van der Waals surface area (Å²) in [5.41, 5.74) is 1.86. The van der Waals surface area contributed by atoms with Crippen LogP contribution in [-0.2, 0) is 0 Å². The van der Waals surface area contributed by atoms with Crippen molar-refractivity contribution >= 4 is 5.69 Å². The largest absolute Gasteiger partial charge is 0.496 e. The van der Waals surface area contributed by atoms with E-state index < -0.39 is 6.10 Å². The molecule has 19 heavy (non-hydrogen) atoms. The van der Waals surface area contributed by atoms with Gasteiger partial charge in [0.15, 0.2) is 0 Å². The molecule has 0 spiro atoms. The molecule has 0 saturated carbocycles. The van der Waals surface area contributed by atoms with E-state index in [0.29, 0.717) is 5.92 Å². The molecular formula is C15H23NO3. The summed E-state index contributed by atoms with van der Waals surface area (Å²) in [6.45, 7) is 3.78. The normalized spacial score (nSPS) is 21.3. The molecule has 0 bridgehead atoms. The monoisotopic (exact) mass is 265 g/mol. The van der Waals surface area contributed by atoms with Crippen LogP contribution in [0.4, 0.5) is 5.69 Å². The van der Waals surface area contributed by atoms with Crippen LogP contribution in [0.3, 0.4) is 0 Å². The SMILES string of the molecule is COc1cccc(N2CCCC(CO)C2)c1[C@H](C)O. The van der Waals surface area contributed by atoms with Crippen molar-refractivity contribution in [3.63, 3.8) is 0 Å². The molecule has 1 aliphatic heterocycles. The number of benzene rings is 1. The molecule has 2 N–H and O–H groups in total. The van der Waals surface area contributed by atoms with E-state index in [4.69, 9.17) is 4.74 Å². The summed E-state index contributed by atoms with van der Waals surface area (Å²) in [5.74, 6) is 1.04. The number of aliphatic hydroxyl groups is 2. The summed E-state index contributed by atoms with van der Waals surface area (Å²) >= 11 is 0. The molecule has 1 aromatic carbocycles. The predicted molar refractivity (Wildman–Crippen MR) is 75.7 cm³/mol. The fourth-order valence-electron chi connectivity index (χ4n) is 2.84. The molecule has 1 aliphatic rings. The van der Waals surface area contributed by atoms with Gasteiger partial charge in [-0.3, -0.25) is 0 Å². The maximum absolute atomic E-state index is 10.0. The molecule has 1 fully saturated rings. The quantitative estimate of drug-likeness (QED) is 0.874. The van der Waals surface area contributed by atoms with E-state index in [0.717, 1.165) is 42.9 Å². The second-order valence-corrected chi connectivity index (χ2v) is 5.21. The number of hydrogen-bond acceptors (Lipinski definition) is 4. The van der Waals surface area contributed by atoms with Gasteiger partial charge in [-0.1, -0.05) is 6.07 Å². The second kappa shape index (κ2) is 6.26. The van der Waals surface area contributed by atoms with Crippen LogP contribution in [0, 0.1) is 5.92 Å². The standard InChI is InChI=1S/C15H23NO3/c1-11(18)15-13(6-3-7-14(15)19-2)16-8-4-5-12(9-16)10-17/h3,6-7,11-12,17-18H,4-5,8-10H2,1-2H3/t11-,12?/m0/s1. The average molecular weight is 265 g/mol. The number of ether oxygens (including phenoxy) is 1. The molecule has 0 aliphatic carbocycles. The molecule has 0 amide bonds. The minimum absolute atomic E-state index is 0.227. The highest BCUT2D eigenvalue weighted by Crippen LogP contribution is 2.36. The topological polar surface area (TPSA) is 52.9 Å². The highest BCUT2D eigenvalue weighted by Gasteiger charge is 2.24. The van der Waals surface area contributed by atoms with Gasteiger partial charge in [-0.25, -0.2) is 0 Å². The summed E-state index contributed by atoms with van der Waals surface area (Å²) in [7, 11) is 1.62. The minimum Gasteiger partial charge on any atom is -0.496 e. The lowest BCUT2D eigenvalue weighted by atomic mass is 9.96. The van der Waals surface area contributed by atoms with Crippen molar-refractivity contribution in [3.8, 4) is 5.75 Å². The van der Waals surface area contributed by atoms with Crippen LogP contribution in [0.1, 0.15) is 31.4 Å². The zero-order valence-corrected chi connectivity index (χ0v) is 11.7. The Morgan fingerprint density at radius 1 is 1.47 bits per heavy atom. The Hall–Kier alpha value is -1.26. The van der Waals surface area contributed by atoms with Crippen molar-refractivity contribution in [2.45, 2.75) is 25.9 Å². The third kappa shape index (κ3) is 3.01. The van der Waals surface area contributed by atoms with Gasteiger partial charge in [-0.2, -0.15) is 0 Å². The van der Waals surface area contributed by atoms with Crippen LogP contribution in [-0.4, -0.2) is 37.0 Å². The van der Waals surface area contributed by atoms with Crippen molar-refractivity contribution in [2.24, 2.45) is 5.92 Å². The Labute approximate surface area is 114 Å². The van der Waals surface area contributed by atoms with Gasteiger partial charge in [0, 0.05) is 30.9 Å². The Bertz CT molecular complexity index is 420. The molecule has 2 atom stereocenters. The lowest BCUT2D eigenvalue weighted by Gasteiger charge is -2.35. The Kier molecular flexibility index (Phi) is 4.66. The second-order valence-electron chi connectivity index (χ2n) is 5.21. The van der Waals surface area contributed by atoms with Crippen LogP contribution in [0.2, 0.25) is 0 Å². The maximum atomic E-state index is 10.0. The molecule has 1 aromatic rings. The third-order valence-corrected chi connectivity index (χ3v) is 3.80. The van der Waals surface area contributed by atoms with E-state index in [9.17, 15) is 10.2 Å². The van der Waals surface area contributed by atoms with Crippen LogP contribution in [0.25, 0.3) is 0 Å². The Morgan fingerprint density at radius 3 is 2.89 bits per heavy atom. The highest BCUT2D eigenvalue weighted by molar-refractivity contribution is 5.60. The van der Waals surface area contributed by atoms with Gasteiger partial charge in [0.05, 0.1) is 13.2 Å². The number of anilines is 1.